The molecule has 1 aliphatic rings. The molecular formula is C10H9N3O2. The summed E-state index contributed by atoms with van der Waals surface area (Å²) >= 11 is 0. The molecule has 5 nitrogen and oxygen atoms in total. The highest BCUT2D eigenvalue weighted by Gasteiger charge is 2.26. The lowest BCUT2D eigenvalue weighted by Gasteiger charge is -2.16. The standard InChI is InChI=1S/C10H9N3O2/c11-6-1-2-8(7(12)5-6)13-9(14)3-4-10(13)15/h1-5H,11-12H2. The van der Waals surface area contributed by atoms with Crippen molar-refractivity contribution in [2.24, 2.45) is 0 Å². The van der Waals surface area contributed by atoms with Crippen LogP contribution in [0.15, 0.2) is 30.4 Å². The van der Waals surface area contributed by atoms with Gasteiger partial charge in [0.1, 0.15) is 0 Å². The van der Waals surface area contributed by atoms with E-state index < -0.39 is 11.8 Å². The Labute approximate surface area is 86.0 Å². The van der Waals surface area contributed by atoms with E-state index in [1.807, 2.05) is 0 Å². The van der Waals surface area contributed by atoms with Crippen LogP contribution >= 0.6 is 0 Å². The van der Waals surface area contributed by atoms with Crippen LogP contribution in [0.2, 0.25) is 0 Å². The highest BCUT2D eigenvalue weighted by atomic mass is 16.2. The van der Waals surface area contributed by atoms with Crippen LogP contribution in [-0.4, -0.2) is 11.8 Å². The number of rotatable bonds is 1. The molecule has 1 aliphatic heterocycles. The largest absolute Gasteiger partial charge is 0.399 e. The molecule has 0 unspecified atom stereocenters. The molecule has 4 N–H and O–H groups in total. The van der Waals surface area contributed by atoms with Gasteiger partial charge in [0, 0.05) is 17.8 Å². The molecule has 0 saturated carbocycles. The van der Waals surface area contributed by atoms with Gasteiger partial charge < -0.3 is 11.5 Å². The molecule has 1 aromatic rings. The summed E-state index contributed by atoms with van der Waals surface area (Å²) in [4.78, 5) is 23.7. The Morgan fingerprint density at radius 2 is 1.60 bits per heavy atom. The molecule has 0 aliphatic carbocycles. The first-order valence-electron chi connectivity index (χ1n) is 4.31. The predicted molar refractivity (Wildman–Crippen MR) is 56.9 cm³/mol. The third kappa shape index (κ3) is 1.43. The van der Waals surface area contributed by atoms with Gasteiger partial charge in [-0.25, -0.2) is 4.90 Å². The summed E-state index contributed by atoms with van der Waals surface area (Å²) in [5.41, 5.74) is 12.3. The van der Waals surface area contributed by atoms with Crippen LogP contribution in [0.3, 0.4) is 0 Å². The number of carbonyl (C=O) groups is 2. The van der Waals surface area contributed by atoms with E-state index in [0.29, 0.717) is 17.1 Å². The van der Waals surface area contributed by atoms with Gasteiger partial charge in [0.25, 0.3) is 11.8 Å². The first kappa shape index (κ1) is 9.26. The Morgan fingerprint density at radius 1 is 1.00 bits per heavy atom. The first-order valence-corrected chi connectivity index (χ1v) is 4.31. The van der Waals surface area contributed by atoms with Crippen LogP contribution in [0.4, 0.5) is 17.1 Å². The molecule has 0 atom stereocenters. The summed E-state index contributed by atoms with van der Waals surface area (Å²) in [5, 5.41) is 0. The number of imide groups is 1. The lowest BCUT2D eigenvalue weighted by Crippen LogP contribution is -2.30. The average Bonchev–Trinajstić information content (AvgIpc) is 2.48. The van der Waals surface area contributed by atoms with E-state index in [0.717, 1.165) is 4.90 Å². The van der Waals surface area contributed by atoms with Crippen molar-refractivity contribution in [2.75, 3.05) is 16.4 Å². The number of anilines is 3. The van der Waals surface area contributed by atoms with E-state index in [1.165, 1.54) is 18.2 Å². The summed E-state index contributed by atoms with van der Waals surface area (Å²) in [5.74, 6) is -0.784. The topological polar surface area (TPSA) is 89.4 Å². The molecular weight excluding hydrogens is 194 g/mol. The fourth-order valence-corrected chi connectivity index (χ4v) is 1.41. The molecule has 2 amide bonds. The molecule has 0 spiro atoms. The van der Waals surface area contributed by atoms with E-state index in [2.05, 4.69) is 0 Å². The van der Waals surface area contributed by atoms with Crippen LogP contribution in [0.1, 0.15) is 0 Å². The van der Waals surface area contributed by atoms with Gasteiger partial charge in [-0.05, 0) is 18.2 Å². The van der Waals surface area contributed by atoms with Gasteiger partial charge in [-0.2, -0.15) is 0 Å². The number of nitrogens with two attached hydrogens (primary N) is 2. The number of nitrogen functional groups attached to an aromatic ring is 2. The molecule has 5 heteroatoms. The summed E-state index contributed by atoms with van der Waals surface area (Å²) in [6.45, 7) is 0. The molecule has 1 heterocycles. The number of benzene rings is 1. The summed E-state index contributed by atoms with van der Waals surface area (Å²) in [6.07, 6.45) is 2.41. The van der Waals surface area contributed by atoms with Gasteiger partial charge in [0.15, 0.2) is 0 Å². The number of carbonyl (C=O) groups excluding carboxylic acids is 2. The summed E-state index contributed by atoms with van der Waals surface area (Å²) in [6, 6.07) is 4.65. The second-order valence-electron chi connectivity index (χ2n) is 3.16. The molecule has 0 bridgehead atoms. The van der Waals surface area contributed by atoms with Crippen molar-refractivity contribution in [3.05, 3.63) is 30.4 Å². The monoisotopic (exact) mass is 203 g/mol. The Hall–Kier alpha value is -2.30. The fraction of sp³-hybridized carbons (Fsp3) is 0. The Morgan fingerprint density at radius 3 is 2.13 bits per heavy atom. The number of nitrogens with zero attached hydrogens (tertiary/aromatic N) is 1. The zero-order valence-corrected chi connectivity index (χ0v) is 7.81. The molecule has 0 radical (unpaired) electrons. The fourth-order valence-electron chi connectivity index (χ4n) is 1.41. The van der Waals surface area contributed by atoms with Gasteiger partial charge >= 0.3 is 0 Å². The van der Waals surface area contributed by atoms with E-state index in [1.54, 1.807) is 12.1 Å². The summed E-state index contributed by atoms with van der Waals surface area (Å²) < 4.78 is 0. The van der Waals surface area contributed by atoms with Crippen molar-refractivity contribution in [3.8, 4) is 0 Å². The highest BCUT2D eigenvalue weighted by Crippen LogP contribution is 2.27. The van der Waals surface area contributed by atoms with Crippen molar-refractivity contribution in [3.63, 3.8) is 0 Å². The Kier molecular flexibility index (Phi) is 1.93. The maximum absolute atomic E-state index is 11.4. The molecule has 0 saturated heterocycles. The second kappa shape index (κ2) is 3.13. The zero-order chi connectivity index (χ0) is 11.0. The van der Waals surface area contributed by atoms with E-state index in [9.17, 15) is 9.59 Å². The van der Waals surface area contributed by atoms with E-state index in [-0.39, 0.29) is 0 Å². The third-order valence-electron chi connectivity index (χ3n) is 2.10. The minimum atomic E-state index is -0.392. The molecule has 0 aromatic heterocycles. The van der Waals surface area contributed by atoms with Crippen molar-refractivity contribution < 1.29 is 9.59 Å². The smallest absolute Gasteiger partial charge is 0.258 e. The third-order valence-corrected chi connectivity index (χ3v) is 2.10. The zero-order valence-electron chi connectivity index (χ0n) is 7.81. The Balaban J connectivity index is 2.46. The van der Waals surface area contributed by atoms with Crippen LogP contribution in [-0.2, 0) is 9.59 Å². The van der Waals surface area contributed by atoms with Crippen molar-refractivity contribution in [1.29, 1.82) is 0 Å². The Bertz CT molecular complexity index is 462. The predicted octanol–water partition coefficient (Wildman–Crippen LogP) is 0.280. The van der Waals surface area contributed by atoms with Crippen molar-refractivity contribution >= 4 is 28.9 Å². The first-order chi connectivity index (χ1) is 7.09. The van der Waals surface area contributed by atoms with Gasteiger partial charge in [0.05, 0.1) is 11.4 Å². The van der Waals surface area contributed by atoms with Crippen LogP contribution in [0.25, 0.3) is 0 Å². The van der Waals surface area contributed by atoms with E-state index >= 15 is 0 Å². The van der Waals surface area contributed by atoms with Crippen LogP contribution < -0.4 is 16.4 Å². The SMILES string of the molecule is Nc1ccc(N2C(=O)C=CC2=O)c(N)c1. The minimum absolute atomic E-state index is 0.306. The van der Waals surface area contributed by atoms with Crippen LogP contribution in [0, 0.1) is 0 Å². The second-order valence-corrected chi connectivity index (χ2v) is 3.16. The van der Waals surface area contributed by atoms with Gasteiger partial charge in [-0.3, -0.25) is 9.59 Å². The maximum Gasteiger partial charge on any atom is 0.258 e. The number of hydrogen-bond donors (Lipinski definition) is 2. The van der Waals surface area contributed by atoms with Crippen molar-refractivity contribution in [2.45, 2.75) is 0 Å². The van der Waals surface area contributed by atoms with Gasteiger partial charge in [0.2, 0.25) is 0 Å². The molecule has 0 fully saturated rings. The molecule has 1 aromatic carbocycles. The number of hydrogen-bond acceptors (Lipinski definition) is 4. The lowest BCUT2D eigenvalue weighted by molar-refractivity contribution is -0.119. The van der Waals surface area contributed by atoms with Crippen molar-refractivity contribution in [1.82, 2.24) is 0 Å². The normalized spacial score (nSPS) is 15.1. The van der Waals surface area contributed by atoms with Gasteiger partial charge in [-0.15, -0.1) is 0 Å². The van der Waals surface area contributed by atoms with Crippen LogP contribution in [0.5, 0.6) is 0 Å². The quantitative estimate of drug-likeness (QED) is 0.506. The highest BCUT2D eigenvalue weighted by molar-refractivity contribution is 6.29. The van der Waals surface area contributed by atoms with E-state index in [4.69, 9.17) is 11.5 Å². The summed E-state index contributed by atoms with van der Waals surface area (Å²) in [7, 11) is 0. The molecule has 15 heavy (non-hydrogen) atoms. The molecule has 2 rings (SSSR count). The van der Waals surface area contributed by atoms with Gasteiger partial charge in [-0.1, -0.05) is 0 Å². The minimum Gasteiger partial charge on any atom is -0.399 e. The molecule has 76 valence electrons. The maximum atomic E-state index is 11.4. The lowest BCUT2D eigenvalue weighted by atomic mass is 10.2. The average molecular weight is 203 g/mol. The number of amides is 2.